The lowest BCUT2D eigenvalue weighted by Crippen LogP contribution is -2.40. The van der Waals surface area contributed by atoms with Crippen molar-refractivity contribution in [2.24, 2.45) is 5.92 Å². The van der Waals surface area contributed by atoms with Crippen LogP contribution in [-0.4, -0.2) is 28.2 Å². The van der Waals surface area contributed by atoms with Gasteiger partial charge in [-0.05, 0) is 33.1 Å². The van der Waals surface area contributed by atoms with Gasteiger partial charge < -0.3 is 14.9 Å². The number of carboxylic acid groups (broad SMARTS) is 1. The van der Waals surface area contributed by atoms with E-state index in [4.69, 9.17) is 9.63 Å². The predicted octanol–water partition coefficient (Wildman–Crippen LogP) is 1.39. The number of hydrogen-bond acceptors (Lipinski definition) is 4. The molecule has 0 radical (unpaired) electrons. The molecule has 0 aliphatic heterocycles. The van der Waals surface area contributed by atoms with E-state index in [2.05, 4.69) is 10.5 Å². The maximum Gasteiger partial charge on any atom is 0.308 e. The summed E-state index contributed by atoms with van der Waals surface area (Å²) in [6.45, 7) is 3.23. The lowest BCUT2D eigenvalue weighted by Gasteiger charge is -2.17. The molecule has 0 saturated heterocycles. The van der Waals surface area contributed by atoms with E-state index >= 15 is 0 Å². The Morgan fingerprint density at radius 2 is 2.00 bits per heavy atom. The van der Waals surface area contributed by atoms with Gasteiger partial charge in [0.2, 0.25) is 0 Å². The molecule has 0 bridgehead atoms. The Labute approximate surface area is 111 Å². The monoisotopic (exact) mass is 266 g/mol. The van der Waals surface area contributed by atoms with Crippen LogP contribution in [0.3, 0.4) is 0 Å². The number of aryl methyl sites for hydroxylation is 1. The van der Waals surface area contributed by atoms with E-state index in [1.807, 2.05) is 0 Å². The molecular formula is C13H18N2O4. The highest BCUT2D eigenvalue weighted by Crippen LogP contribution is 2.24. The molecule has 1 aromatic rings. The average Bonchev–Trinajstić information content (AvgIpc) is 2.81. The van der Waals surface area contributed by atoms with E-state index in [-0.39, 0.29) is 5.91 Å². The highest BCUT2D eigenvalue weighted by Gasteiger charge is 2.27. The Morgan fingerprint density at radius 1 is 1.32 bits per heavy atom. The highest BCUT2D eigenvalue weighted by molar-refractivity contribution is 5.94. The van der Waals surface area contributed by atoms with Crippen molar-refractivity contribution in [3.63, 3.8) is 0 Å². The number of amides is 1. The van der Waals surface area contributed by atoms with Crippen LogP contribution in [0.5, 0.6) is 0 Å². The first-order chi connectivity index (χ1) is 9.00. The Kier molecular flexibility index (Phi) is 3.87. The minimum Gasteiger partial charge on any atom is -0.481 e. The second-order valence-electron chi connectivity index (χ2n) is 5.03. The Morgan fingerprint density at radius 3 is 2.68 bits per heavy atom. The van der Waals surface area contributed by atoms with Gasteiger partial charge in [0.05, 0.1) is 5.92 Å². The lowest BCUT2D eigenvalue weighted by atomic mass is 9.96. The van der Waals surface area contributed by atoms with Crippen LogP contribution in [0.15, 0.2) is 4.52 Å². The maximum absolute atomic E-state index is 12.1. The molecule has 19 heavy (non-hydrogen) atoms. The molecule has 0 saturated carbocycles. The molecule has 104 valence electrons. The van der Waals surface area contributed by atoms with E-state index in [1.54, 1.807) is 13.8 Å². The standard InChI is InChI=1S/C13H18N2O4/c1-7(13(17)18)8(2)14-12(16)11-9-5-3-4-6-10(9)19-15-11/h7-8H,3-6H2,1-2H3,(H,14,16)(H,17,18). The van der Waals surface area contributed by atoms with Crippen LogP contribution >= 0.6 is 0 Å². The lowest BCUT2D eigenvalue weighted by molar-refractivity contribution is -0.141. The van der Waals surface area contributed by atoms with Crippen LogP contribution in [0, 0.1) is 5.92 Å². The van der Waals surface area contributed by atoms with Gasteiger partial charge in [0.25, 0.3) is 5.91 Å². The first-order valence-corrected chi connectivity index (χ1v) is 6.51. The fourth-order valence-electron chi connectivity index (χ4n) is 2.18. The van der Waals surface area contributed by atoms with Crippen molar-refractivity contribution in [3.05, 3.63) is 17.0 Å². The molecule has 2 N–H and O–H groups in total. The number of rotatable bonds is 4. The van der Waals surface area contributed by atoms with Gasteiger partial charge in [-0.25, -0.2) is 0 Å². The molecule has 1 aliphatic rings. The Bertz CT molecular complexity index is 495. The van der Waals surface area contributed by atoms with E-state index in [1.165, 1.54) is 0 Å². The number of hydrogen-bond donors (Lipinski definition) is 2. The van der Waals surface area contributed by atoms with Crippen molar-refractivity contribution < 1.29 is 19.2 Å². The molecule has 0 spiro atoms. The third-order valence-corrected chi connectivity index (χ3v) is 3.66. The number of aromatic nitrogens is 1. The van der Waals surface area contributed by atoms with Crippen LogP contribution in [0.2, 0.25) is 0 Å². The number of carboxylic acids is 1. The molecule has 1 heterocycles. The summed E-state index contributed by atoms with van der Waals surface area (Å²) >= 11 is 0. The molecule has 2 unspecified atom stereocenters. The molecule has 0 aromatic carbocycles. The normalized spacial score (nSPS) is 17.4. The van der Waals surface area contributed by atoms with Crippen molar-refractivity contribution in [2.45, 2.75) is 45.6 Å². The molecule has 1 aliphatic carbocycles. The predicted molar refractivity (Wildman–Crippen MR) is 66.9 cm³/mol. The largest absolute Gasteiger partial charge is 0.481 e. The van der Waals surface area contributed by atoms with Gasteiger partial charge in [-0.1, -0.05) is 5.16 Å². The fraction of sp³-hybridized carbons (Fsp3) is 0.615. The van der Waals surface area contributed by atoms with Crippen LogP contribution in [-0.2, 0) is 17.6 Å². The summed E-state index contributed by atoms with van der Waals surface area (Å²) in [5.74, 6) is -1.15. The highest BCUT2D eigenvalue weighted by atomic mass is 16.5. The van der Waals surface area contributed by atoms with Gasteiger partial charge >= 0.3 is 5.97 Å². The second kappa shape index (κ2) is 5.42. The molecule has 2 atom stereocenters. The Hall–Kier alpha value is -1.85. The minimum atomic E-state index is -0.935. The summed E-state index contributed by atoms with van der Waals surface area (Å²) in [5.41, 5.74) is 1.18. The first-order valence-electron chi connectivity index (χ1n) is 6.51. The van der Waals surface area contributed by atoms with Crippen LogP contribution in [0.25, 0.3) is 0 Å². The third kappa shape index (κ3) is 2.77. The number of nitrogens with zero attached hydrogens (tertiary/aromatic N) is 1. The van der Waals surface area contributed by atoms with Crippen LogP contribution in [0.4, 0.5) is 0 Å². The summed E-state index contributed by atoms with van der Waals surface area (Å²) < 4.78 is 5.17. The number of carbonyl (C=O) groups is 2. The van der Waals surface area contributed by atoms with E-state index in [0.717, 1.165) is 37.0 Å². The molecule has 1 aromatic heterocycles. The number of fused-ring (bicyclic) bond motifs is 1. The molecular weight excluding hydrogens is 248 g/mol. The average molecular weight is 266 g/mol. The van der Waals surface area contributed by atoms with Crippen LogP contribution in [0.1, 0.15) is 48.5 Å². The number of aliphatic carboxylic acids is 1. The van der Waals surface area contributed by atoms with E-state index in [9.17, 15) is 9.59 Å². The van der Waals surface area contributed by atoms with Crippen molar-refractivity contribution in [1.29, 1.82) is 0 Å². The summed E-state index contributed by atoms with van der Waals surface area (Å²) in [6, 6.07) is -0.457. The summed E-state index contributed by atoms with van der Waals surface area (Å²) in [7, 11) is 0. The Balaban J connectivity index is 2.08. The molecule has 6 heteroatoms. The maximum atomic E-state index is 12.1. The van der Waals surface area contributed by atoms with Crippen molar-refractivity contribution in [3.8, 4) is 0 Å². The van der Waals surface area contributed by atoms with Gasteiger partial charge in [0, 0.05) is 18.0 Å². The van der Waals surface area contributed by atoms with Gasteiger partial charge in [0.15, 0.2) is 5.69 Å². The van der Waals surface area contributed by atoms with Crippen molar-refractivity contribution in [1.82, 2.24) is 10.5 Å². The van der Waals surface area contributed by atoms with Gasteiger partial charge in [-0.2, -0.15) is 0 Å². The van der Waals surface area contributed by atoms with Crippen molar-refractivity contribution in [2.75, 3.05) is 0 Å². The minimum absolute atomic E-state index is 0.305. The molecule has 1 amide bonds. The number of nitrogens with one attached hydrogen (secondary N) is 1. The zero-order valence-electron chi connectivity index (χ0n) is 11.1. The quantitative estimate of drug-likeness (QED) is 0.859. The first kappa shape index (κ1) is 13.6. The summed E-state index contributed by atoms with van der Waals surface area (Å²) in [4.78, 5) is 22.9. The zero-order valence-corrected chi connectivity index (χ0v) is 11.1. The second-order valence-corrected chi connectivity index (χ2v) is 5.03. The fourth-order valence-corrected chi connectivity index (χ4v) is 2.18. The van der Waals surface area contributed by atoms with Gasteiger partial charge in [-0.15, -0.1) is 0 Å². The summed E-state index contributed by atoms with van der Waals surface area (Å²) in [5, 5.41) is 15.4. The zero-order chi connectivity index (χ0) is 14.0. The van der Waals surface area contributed by atoms with E-state index in [0.29, 0.717) is 5.69 Å². The molecule has 2 rings (SSSR count). The number of carbonyl (C=O) groups excluding carboxylic acids is 1. The molecule has 6 nitrogen and oxygen atoms in total. The molecule has 0 fully saturated rings. The third-order valence-electron chi connectivity index (χ3n) is 3.66. The van der Waals surface area contributed by atoms with Gasteiger partial charge in [-0.3, -0.25) is 9.59 Å². The van der Waals surface area contributed by atoms with E-state index < -0.39 is 17.9 Å². The smallest absolute Gasteiger partial charge is 0.308 e. The van der Waals surface area contributed by atoms with Crippen LogP contribution < -0.4 is 5.32 Å². The van der Waals surface area contributed by atoms with Gasteiger partial charge in [0.1, 0.15) is 5.76 Å². The summed E-state index contributed by atoms with van der Waals surface area (Å²) in [6.07, 6.45) is 3.69. The van der Waals surface area contributed by atoms with Crippen molar-refractivity contribution >= 4 is 11.9 Å². The SMILES string of the molecule is CC(NC(=O)c1noc2c1CCCC2)C(C)C(=O)O. The topological polar surface area (TPSA) is 92.4 Å².